The van der Waals surface area contributed by atoms with Gasteiger partial charge in [0.15, 0.2) is 0 Å². The van der Waals surface area contributed by atoms with Crippen LogP contribution in [-0.2, 0) is 6.42 Å². The van der Waals surface area contributed by atoms with Gasteiger partial charge in [-0.3, -0.25) is 0 Å². The van der Waals surface area contributed by atoms with Gasteiger partial charge in [0.2, 0.25) is 0 Å². The molecule has 0 atom stereocenters. The molecule has 0 aliphatic rings. The maximum absolute atomic E-state index is 13.4. The second-order valence-electron chi connectivity index (χ2n) is 4.01. The Morgan fingerprint density at radius 3 is 2.47 bits per heavy atom. The Kier molecular flexibility index (Phi) is 4.64. The topological polar surface area (TPSA) is 35.2 Å². The van der Waals surface area contributed by atoms with Gasteiger partial charge in [-0.25, -0.2) is 4.39 Å². The summed E-state index contributed by atoms with van der Waals surface area (Å²) in [6, 6.07) is 9.37. The van der Waals surface area contributed by atoms with Gasteiger partial charge in [0.25, 0.3) is 0 Å². The van der Waals surface area contributed by atoms with E-state index in [9.17, 15) is 4.39 Å². The summed E-state index contributed by atoms with van der Waals surface area (Å²) in [5, 5.41) is 0.829. The third-order valence-corrected chi connectivity index (χ3v) is 3.23. The molecule has 2 rings (SSSR count). The summed E-state index contributed by atoms with van der Waals surface area (Å²) in [4.78, 5) is 0. The molecule has 0 aliphatic carbocycles. The van der Waals surface area contributed by atoms with Gasteiger partial charge in [0.05, 0.1) is 10.0 Å². The number of hydrogen-bond donors (Lipinski definition) is 1. The van der Waals surface area contributed by atoms with Crippen molar-refractivity contribution in [2.45, 2.75) is 6.42 Å². The molecule has 2 nitrogen and oxygen atoms in total. The summed E-state index contributed by atoms with van der Waals surface area (Å²) in [5.41, 5.74) is 6.24. The van der Waals surface area contributed by atoms with Gasteiger partial charge < -0.3 is 10.5 Å². The Labute approximate surface area is 120 Å². The van der Waals surface area contributed by atoms with Crippen molar-refractivity contribution in [3.63, 3.8) is 0 Å². The van der Waals surface area contributed by atoms with E-state index in [4.69, 9.17) is 33.7 Å². The molecule has 2 N–H and O–H groups in total. The highest BCUT2D eigenvalue weighted by atomic mass is 35.5. The summed E-state index contributed by atoms with van der Waals surface area (Å²) in [5.74, 6) is 0.543. The molecule has 0 spiro atoms. The zero-order chi connectivity index (χ0) is 13.8. The molecule has 5 heteroatoms. The molecule has 100 valence electrons. The minimum Gasteiger partial charge on any atom is -0.457 e. The molecule has 0 bridgehead atoms. The lowest BCUT2D eigenvalue weighted by Gasteiger charge is -2.08. The Hall–Kier alpha value is -1.29. The fourth-order valence-corrected chi connectivity index (χ4v) is 1.96. The van der Waals surface area contributed by atoms with Crippen molar-refractivity contribution in [2.75, 3.05) is 6.54 Å². The monoisotopic (exact) mass is 299 g/mol. The normalized spacial score (nSPS) is 10.5. The van der Waals surface area contributed by atoms with E-state index in [0.29, 0.717) is 34.5 Å². The van der Waals surface area contributed by atoms with Crippen molar-refractivity contribution >= 4 is 23.2 Å². The van der Waals surface area contributed by atoms with Crippen LogP contribution in [0.4, 0.5) is 4.39 Å². The van der Waals surface area contributed by atoms with Gasteiger partial charge >= 0.3 is 0 Å². The predicted octanol–water partition coefficient (Wildman–Crippen LogP) is 4.43. The highest BCUT2D eigenvalue weighted by molar-refractivity contribution is 6.42. The van der Waals surface area contributed by atoms with Crippen molar-refractivity contribution in [3.05, 3.63) is 57.8 Å². The Morgan fingerprint density at radius 1 is 1.00 bits per heavy atom. The lowest BCUT2D eigenvalue weighted by molar-refractivity contribution is 0.476. The second kappa shape index (κ2) is 6.24. The third kappa shape index (κ3) is 3.83. The number of ether oxygens (including phenoxy) is 1. The highest BCUT2D eigenvalue weighted by Gasteiger charge is 2.05. The molecule has 0 aromatic heterocycles. The molecular formula is C14H12Cl2FNO. The van der Waals surface area contributed by atoms with Crippen LogP contribution >= 0.6 is 23.2 Å². The van der Waals surface area contributed by atoms with Gasteiger partial charge in [0, 0.05) is 12.1 Å². The van der Waals surface area contributed by atoms with Crippen LogP contribution in [0.25, 0.3) is 0 Å². The first-order chi connectivity index (χ1) is 9.08. The SMILES string of the molecule is NCCc1cc(F)cc(Oc2ccc(Cl)c(Cl)c2)c1. The van der Waals surface area contributed by atoms with Crippen LogP contribution in [0, 0.1) is 5.82 Å². The fourth-order valence-electron chi connectivity index (χ4n) is 1.67. The third-order valence-electron chi connectivity index (χ3n) is 2.49. The zero-order valence-corrected chi connectivity index (χ0v) is 11.5. The molecule has 0 fully saturated rings. The van der Waals surface area contributed by atoms with Crippen LogP contribution in [0.3, 0.4) is 0 Å². The molecule has 19 heavy (non-hydrogen) atoms. The standard InChI is InChI=1S/C14H12Cl2FNO/c15-13-2-1-11(8-14(13)16)19-12-6-9(3-4-18)5-10(17)7-12/h1-2,5-8H,3-4,18H2. The second-order valence-corrected chi connectivity index (χ2v) is 4.83. The van der Waals surface area contributed by atoms with Gasteiger partial charge in [-0.05, 0) is 42.8 Å². The number of hydrogen-bond acceptors (Lipinski definition) is 2. The molecule has 0 saturated carbocycles. The average Bonchev–Trinajstić information content (AvgIpc) is 2.33. The predicted molar refractivity (Wildman–Crippen MR) is 75.7 cm³/mol. The molecule has 0 aliphatic heterocycles. The van der Waals surface area contributed by atoms with Gasteiger partial charge in [-0.2, -0.15) is 0 Å². The summed E-state index contributed by atoms with van der Waals surface area (Å²) in [6.45, 7) is 0.454. The van der Waals surface area contributed by atoms with Crippen molar-refractivity contribution in [3.8, 4) is 11.5 Å². The Morgan fingerprint density at radius 2 is 1.79 bits per heavy atom. The number of benzene rings is 2. The number of rotatable bonds is 4. The van der Waals surface area contributed by atoms with Gasteiger partial charge in [-0.1, -0.05) is 23.2 Å². The summed E-state index contributed by atoms with van der Waals surface area (Å²) in [6.07, 6.45) is 0.593. The Bertz CT molecular complexity index is 590. The van der Waals surface area contributed by atoms with Crippen LogP contribution in [0.5, 0.6) is 11.5 Å². The van der Waals surface area contributed by atoms with Crippen molar-refractivity contribution in [1.82, 2.24) is 0 Å². The zero-order valence-electron chi connectivity index (χ0n) is 10.00. The van der Waals surface area contributed by atoms with Crippen LogP contribution in [0.2, 0.25) is 10.0 Å². The minimum atomic E-state index is -0.360. The summed E-state index contributed by atoms with van der Waals surface area (Å²) >= 11 is 11.7. The molecule has 0 amide bonds. The van der Waals surface area contributed by atoms with Crippen LogP contribution in [0.15, 0.2) is 36.4 Å². The first kappa shape index (κ1) is 14.1. The molecule has 0 saturated heterocycles. The van der Waals surface area contributed by atoms with Crippen LogP contribution < -0.4 is 10.5 Å². The van der Waals surface area contributed by atoms with E-state index in [1.807, 2.05) is 0 Å². The van der Waals surface area contributed by atoms with Crippen LogP contribution in [-0.4, -0.2) is 6.54 Å². The first-order valence-electron chi connectivity index (χ1n) is 5.71. The van der Waals surface area contributed by atoms with E-state index in [1.165, 1.54) is 12.1 Å². The average molecular weight is 300 g/mol. The molecule has 0 unspecified atom stereocenters. The van der Waals surface area contributed by atoms with Crippen molar-refractivity contribution in [1.29, 1.82) is 0 Å². The quantitative estimate of drug-likeness (QED) is 0.906. The molecule has 2 aromatic carbocycles. The Balaban J connectivity index is 2.24. The highest BCUT2D eigenvalue weighted by Crippen LogP contribution is 2.30. The summed E-state index contributed by atoms with van der Waals surface area (Å²) in [7, 11) is 0. The minimum absolute atomic E-state index is 0.360. The summed E-state index contributed by atoms with van der Waals surface area (Å²) < 4.78 is 19.0. The van der Waals surface area contributed by atoms with E-state index >= 15 is 0 Å². The lowest BCUT2D eigenvalue weighted by Crippen LogP contribution is -2.03. The van der Waals surface area contributed by atoms with Crippen LogP contribution in [0.1, 0.15) is 5.56 Å². The van der Waals surface area contributed by atoms with Gasteiger partial charge in [0.1, 0.15) is 17.3 Å². The maximum Gasteiger partial charge on any atom is 0.130 e. The van der Waals surface area contributed by atoms with E-state index in [1.54, 1.807) is 24.3 Å². The van der Waals surface area contributed by atoms with Gasteiger partial charge in [-0.15, -0.1) is 0 Å². The lowest BCUT2D eigenvalue weighted by atomic mass is 10.1. The van der Waals surface area contributed by atoms with E-state index in [0.717, 1.165) is 5.56 Å². The fraction of sp³-hybridized carbons (Fsp3) is 0.143. The largest absolute Gasteiger partial charge is 0.457 e. The number of halogens is 3. The smallest absolute Gasteiger partial charge is 0.130 e. The number of nitrogens with two attached hydrogens (primary N) is 1. The van der Waals surface area contributed by atoms with Crippen molar-refractivity contribution in [2.24, 2.45) is 5.73 Å². The van der Waals surface area contributed by atoms with Crippen molar-refractivity contribution < 1.29 is 9.13 Å². The molecule has 0 radical (unpaired) electrons. The first-order valence-corrected chi connectivity index (χ1v) is 6.46. The van der Waals surface area contributed by atoms with E-state index in [2.05, 4.69) is 0 Å². The molecular weight excluding hydrogens is 288 g/mol. The molecule has 0 heterocycles. The van der Waals surface area contributed by atoms with E-state index in [-0.39, 0.29) is 5.82 Å². The molecule has 2 aromatic rings. The maximum atomic E-state index is 13.4. The van der Waals surface area contributed by atoms with E-state index < -0.39 is 0 Å².